The molecule has 4 saturated heterocycles. The summed E-state index contributed by atoms with van der Waals surface area (Å²) in [7, 11) is 0. The number of carbonyl (C=O) groups is 10. The summed E-state index contributed by atoms with van der Waals surface area (Å²) in [6, 6.07) is 34.3. The molecule has 3 aromatic heterocycles. The van der Waals surface area contributed by atoms with Gasteiger partial charge in [0.25, 0.3) is 0 Å². The summed E-state index contributed by atoms with van der Waals surface area (Å²) in [5.74, 6) is -5.51. The predicted octanol–water partition coefficient (Wildman–Crippen LogP) is 12.2. The highest BCUT2D eigenvalue weighted by Gasteiger charge is 2.64. The number of piperazine rings is 3. The van der Waals surface area contributed by atoms with Gasteiger partial charge in [-0.25, -0.2) is 46.1 Å². The van der Waals surface area contributed by atoms with Gasteiger partial charge in [0.1, 0.15) is 88.7 Å². The van der Waals surface area contributed by atoms with Crippen molar-refractivity contribution in [3.63, 3.8) is 0 Å². The smallest absolute Gasteiger partial charge is 0.411 e. The molecule has 27 nitrogen and oxygen atoms in total. The summed E-state index contributed by atoms with van der Waals surface area (Å²) in [4.78, 5) is 154. The molecule has 9 aromatic rings. The molecule has 12 aliphatic rings. The number of carbonyl (C=O) groups excluding carboxylic acids is 10. The van der Waals surface area contributed by atoms with Gasteiger partial charge in [-0.05, 0) is 259 Å². The largest absolute Gasteiger partial charge is 0.444 e. The van der Waals surface area contributed by atoms with E-state index in [2.05, 4.69) is 57.5 Å². The number of aromatic nitrogens is 3. The number of pyridine rings is 3. The monoisotopic (exact) mass is 1800 g/mol. The number of benzene rings is 6. The molecule has 7 atom stereocenters. The Hall–Kier alpha value is -13.3. The van der Waals surface area contributed by atoms with Gasteiger partial charge >= 0.3 is 6.09 Å². The lowest BCUT2D eigenvalue weighted by molar-refractivity contribution is -0.166. The highest BCUT2D eigenvalue weighted by atomic mass is 19.2. The van der Waals surface area contributed by atoms with E-state index in [0.29, 0.717) is 125 Å². The molecule has 5 aliphatic carbocycles. The SMILES string of the molecule is CC(C)(C)OC(=O)N1CC2(CCc3c(F)cc(F)cc32)N(CC(=O)Nc2ccc3c(c2)CC2(C3)C(=O)Nc3ncccc32)C(=O)C12CCCC2.CC1NC(C)(C)C(=O)N(CC(=O)Nc2ccc3c(c2)CC2(C3)C(=O)Nc3ncccc32)C1c1cc(F)cc(F)c1.O=C(CN1C(=O)C2(CCOCC2)NCC1c1cc(F)cc(F)c1)Nc1ccc2c(c1)CC1(C2)C(=O)Nc2ncccc21. The van der Waals surface area contributed by atoms with Gasteiger partial charge in [-0.1, -0.05) is 49.2 Å². The fourth-order valence-corrected chi connectivity index (χ4v) is 22.7. The minimum absolute atomic E-state index is 0.0594. The van der Waals surface area contributed by atoms with Crippen molar-refractivity contribution in [1.82, 2.24) is 45.2 Å². The van der Waals surface area contributed by atoms with Crippen LogP contribution in [0.15, 0.2) is 158 Å². The third-order valence-electron chi connectivity index (χ3n) is 28.6. The number of ether oxygens (including phenoxy) is 2. The van der Waals surface area contributed by atoms with Gasteiger partial charge in [0.2, 0.25) is 53.2 Å². The first-order valence-corrected chi connectivity index (χ1v) is 44.5. The second-order valence-electron chi connectivity index (χ2n) is 38.5. The van der Waals surface area contributed by atoms with Gasteiger partial charge in [0, 0.05) is 96.3 Å². The highest BCUT2D eigenvalue weighted by molar-refractivity contribution is 6.09. The Morgan fingerprint density at radius 2 is 0.932 bits per heavy atom. The molecule has 6 aromatic carbocycles. The molecule has 8 N–H and O–H groups in total. The zero-order valence-corrected chi connectivity index (χ0v) is 73.4. The molecule has 21 rings (SSSR count). The van der Waals surface area contributed by atoms with E-state index in [1.165, 1.54) is 49.9 Å². The lowest BCUT2D eigenvalue weighted by Gasteiger charge is -2.56. The maximum atomic E-state index is 15.2. The van der Waals surface area contributed by atoms with Crippen molar-refractivity contribution in [3.05, 3.63) is 265 Å². The van der Waals surface area contributed by atoms with Crippen LogP contribution in [0.3, 0.4) is 0 Å². The van der Waals surface area contributed by atoms with Crippen LogP contribution in [0.2, 0.25) is 0 Å². The molecule has 7 aliphatic heterocycles. The van der Waals surface area contributed by atoms with Gasteiger partial charge < -0.3 is 61.4 Å². The lowest BCUT2D eigenvalue weighted by atomic mass is 9.79. The van der Waals surface area contributed by atoms with Crippen LogP contribution in [0, 0.1) is 34.9 Å². The average Bonchev–Trinajstić information content (AvgIpc) is 1.52. The Bertz CT molecular complexity index is 6340. The topological polar surface area (TPSA) is 337 Å². The molecule has 33 heteroatoms. The van der Waals surface area contributed by atoms with Crippen LogP contribution in [-0.2, 0) is 119 Å². The van der Waals surface area contributed by atoms with E-state index >= 15 is 4.39 Å². The quantitative estimate of drug-likeness (QED) is 0.0558. The highest BCUT2D eigenvalue weighted by Crippen LogP contribution is 2.55. The summed E-state index contributed by atoms with van der Waals surface area (Å²) in [5, 5.41) is 23.9. The first-order chi connectivity index (χ1) is 63.0. The lowest BCUT2D eigenvalue weighted by Crippen LogP contribution is -2.73. The van der Waals surface area contributed by atoms with Crippen molar-refractivity contribution in [2.24, 2.45) is 0 Å². The number of nitrogens with one attached hydrogen (secondary N) is 8. The molecule has 10 amide bonds. The van der Waals surface area contributed by atoms with Crippen molar-refractivity contribution in [3.8, 4) is 0 Å². The molecule has 6 spiro atoms. The Balaban J connectivity index is 0.000000129. The number of hydrogen-bond donors (Lipinski definition) is 8. The Morgan fingerprint density at radius 1 is 0.492 bits per heavy atom. The average molecular weight is 1800 g/mol. The first-order valence-electron chi connectivity index (χ1n) is 44.5. The summed E-state index contributed by atoms with van der Waals surface area (Å²) in [6.45, 7) is 10.5. The second kappa shape index (κ2) is 32.9. The van der Waals surface area contributed by atoms with E-state index in [9.17, 15) is 69.9 Å². The van der Waals surface area contributed by atoms with Crippen LogP contribution in [-0.4, -0.2) is 168 Å². The maximum Gasteiger partial charge on any atom is 0.411 e. The van der Waals surface area contributed by atoms with E-state index in [4.69, 9.17) is 9.47 Å². The van der Waals surface area contributed by atoms with Crippen LogP contribution in [0.1, 0.15) is 171 Å². The van der Waals surface area contributed by atoms with Crippen LogP contribution < -0.4 is 42.5 Å². The van der Waals surface area contributed by atoms with Crippen LogP contribution in [0.25, 0.3) is 0 Å². The van der Waals surface area contributed by atoms with Crippen molar-refractivity contribution >= 4 is 93.8 Å². The summed E-state index contributed by atoms with van der Waals surface area (Å²) < 4.78 is 97.8. The fraction of sp³-hybridized carbons (Fsp3) is 0.384. The molecule has 7 unspecified atom stereocenters. The zero-order valence-electron chi connectivity index (χ0n) is 73.4. The number of nitrogens with zero attached hydrogens (tertiary/aromatic N) is 7. The van der Waals surface area contributed by atoms with Crippen molar-refractivity contribution in [2.45, 2.75) is 194 Å². The van der Waals surface area contributed by atoms with Gasteiger partial charge in [-0.3, -0.25) is 53.4 Å². The van der Waals surface area contributed by atoms with E-state index in [1.807, 2.05) is 79.7 Å². The van der Waals surface area contributed by atoms with Crippen LogP contribution >= 0.6 is 0 Å². The number of halogens is 6. The van der Waals surface area contributed by atoms with Crippen molar-refractivity contribution in [1.29, 1.82) is 0 Å². The minimum atomic E-state index is -1.35. The standard InChI is InChI=1S/C38H39F2N5O5.C31H29F2N5O4.C30H29F2N5O3/c1-35(2,3)50-34(49)45-21-38(13-10-26-28(38)16-24(39)17-29(26)40)44(33(48)37(45)11-4-5-12-37)20-30(46)42-25-9-8-22-18-36(19-23(22)15-25)27-7-6-14-41-31(27)43-32(36)47;32-21-10-19(11-22(33)13-21)25-16-35-31(5-8-42-9-6-31)29(41)38(25)17-26(39)36-23-4-3-18-14-30(15-20(18)12-23)24-2-1-7-34-27(24)37-28(30)40;1-16-25(18-9-20(31)12-21(32)10-18)37(28(40)29(2,3)36-16)15-24(38)34-22-7-6-17-13-30(14-19(17)11-22)23-5-4-8-33-26(23)35-27(30)39/h6-9,14-17H,4-5,10-13,18-21H2,1-3H3,(H,42,46)(H,41,43,47);1-4,7,10-13,25,35H,5-6,8-9,14-17H2,(H,36,39)(H,34,37,40);4-12,16,25,36H,13-15H2,1-3H3,(H,34,38)(H,33,35,39). The maximum absolute atomic E-state index is 15.2. The molecular formula is C99H97F6N15O12. The van der Waals surface area contributed by atoms with Gasteiger partial charge in [0.05, 0.1) is 46.0 Å². The molecule has 132 heavy (non-hydrogen) atoms. The number of hydrogen-bond acceptors (Lipinski definition) is 17. The Morgan fingerprint density at radius 3 is 1.40 bits per heavy atom. The molecule has 1 saturated carbocycles. The van der Waals surface area contributed by atoms with E-state index in [0.717, 1.165) is 68.3 Å². The first kappa shape index (κ1) is 88.0. The molecule has 10 heterocycles. The number of anilines is 6. The van der Waals surface area contributed by atoms with Crippen LogP contribution in [0.5, 0.6) is 0 Å². The predicted molar refractivity (Wildman–Crippen MR) is 472 cm³/mol. The van der Waals surface area contributed by atoms with E-state index in [-0.39, 0.29) is 103 Å². The van der Waals surface area contributed by atoms with Gasteiger partial charge in [0.15, 0.2) is 0 Å². The van der Waals surface area contributed by atoms with E-state index in [1.54, 1.807) is 71.4 Å². The third-order valence-corrected chi connectivity index (χ3v) is 28.6. The zero-order chi connectivity index (χ0) is 92.7. The molecular weight excluding hydrogens is 1710 g/mol. The normalized spacial score (nSPS) is 24.4. The summed E-state index contributed by atoms with van der Waals surface area (Å²) in [5.41, 5.74) is 3.60. The third kappa shape index (κ3) is 15.4. The Labute approximate surface area is 755 Å². The molecule has 682 valence electrons. The number of amides is 10. The summed E-state index contributed by atoms with van der Waals surface area (Å²) >= 11 is 0. The summed E-state index contributed by atoms with van der Waals surface area (Å²) in [6.07, 6.45) is 10.7. The fourth-order valence-electron chi connectivity index (χ4n) is 22.7. The minimum Gasteiger partial charge on any atom is -0.444 e. The van der Waals surface area contributed by atoms with Crippen LogP contribution in [0.4, 0.5) is 65.7 Å². The van der Waals surface area contributed by atoms with Gasteiger partial charge in [-0.15, -0.1) is 0 Å². The number of rotatable bonds is 11. The van der Waals surface area contributed by atoms with Gasteiger partial charge in [-0.2, -0.15) is 0 Å². The molecule has 0 radical (unpaired) electrons. The molecule has 5 fully saturated rings. The number of fused-ring (bicyclic) bond motifs is 11. The molecule has 0 bridgehead atoms. The van der Waals surface area contributed by atoms with Crippen molar-refractivity contribution in [2.75, 3.05) is 77.8 Å². The van der Waals surface area contributed by atoms with Crippen molar-refractivity contribution < 1.29 is 83.8 Å². The Kier molecular flexibility index (Phi) is 22.0. The second-order valence-corrected chi connectivity index (χ2v) is 38.5. The van der Waals surface area contributed by atoms with E-state index < -0.39 is 121 Å².